The van der Waals surface area contributed by atoms with Crippen LogP contribution in [0.5, 0.6) is 0 Å². The van der Waals surface area contributed by atoms with Crippen molar-refractivity contribution in [3.63, 3.8) is 0 Å². The number of nitrogens with zero attached hydrogens (tertiary/aromatic N) is 3. The van der Waals surface area contributed by atoms with Crippen LogP contribution in [0.15, 0.2) is 59.4 Å². The lowest BCUT2D eigenvalue weighted by atomic mass is 10.1. The first-order chi connectivity index (χ1) is 16.6. The third kappa shape index (κ3) is 5.21. The van der Waals surface area contributed by atoms with Gasteiger partial charge >= 0.3 is 12.1 Å². The third-order valence-corrected chi connectivity index (χ3v) is 5.73. The molecule has 0 atom stereocenters. The molecule has 2 aromatic heterocycles. The summed E-state index contributed by atoms with van der Waals surface area (Å²) < 4.78 is 46.6. The Balaban J connectivity index is 2.08. The summed E-state index contributed by atoms with van der Waals surface area (Å²) in [5.41, 5.74) is 0.305. The molecule has 11 heteroatoms. The van der Waals surface area contributed by atoms with Gasteiger partial charge in [-0.2, -0.15) is 13.2 Å². The lowest BCUT2D eigenvalue weighted by molar-refractivity contribution is -0.136. The highest BCUT2D eigenvalue weighted by atomic mass is 35.5. The first-order valence-electron chi connectivity index (χ1n) is 10.5. The number of benzene rings is 2. The van der Waals surface area contributed by atoms with Crippen LogP contribution >= 0.6 is 23.2 Å². The van der Waals surface area contributed by atoms with Crippen LogP contribution in [0, 0.1) is 0 Å². The van der Waals surface area contributed by atoms with Gasteiger partial charge in [0, 0.05) is 27.5 Å². The quantitative estimate of drug-likeness (QED) is 0.278. The maximum absolute atomic E-state index is 13.1. The molecule has 35 heavy (non-hydrogen) atoms. The number of hydrogen-bond acceptors (Lipinski definition) is 4. The summed E-state index contributed by atoms with van der Waals surface area (Å²) in [6.07, 6.45) is -5.80. The zero-order valence-electron chi connectivity index (χ0n) is 18.3. The van der Waals surface area contributed by atoms with Crippen molar-refractivity contribution in [3.05, 3.63) is 80.6 Å². The largest absolute Gasteiger partial charge is 0.462 e. The molecule has 0 amide bonds. The Morgan fingerprint density at radius 2 is 1.63 bits per heavy atom. The lowest BCUT2D eigenvalue weighted by Crippen LogP contribution is -2.29. The molecule has 0 radical (unpaired) electrons. The molecular weight excluding hydrogens is 506 g/mol. The van der Waals surface area contributed by atoms with Gasteiger partial charge in [-0.1, -0.05) is 35.3 Å². The predicted molar refractivity (Wildman–Crippen MR) is 127 cm³/mol. The summed E-state index contributed by atoms with van der Waals surface area (Å²) in [7, 11) is 0. The van der Waals surface area contributed by atoms with E-state index in [1.165, 1.54) is 10.7 Å². The second-order valence-corrected chi connectivity index (χ2v) is 8.45. The molecule has 6 nitrogen and oxygen atoms in total. The third-order valence-electron chi connectivity index (χ3n) is 5.23. The van der Waals surface area contributed by atoms with E-state index in [1.54, 1.807) is 55.5 Å². The van der Waals surface area contributed by atoms with Gasteiger partial charge in [0.05, 0.1) is 24.4 Å². The number of hydrogen-bond donors (Lipinski definition) is 0. The lowest BCUT2D eigenvalue weighted by Gasteiger charge is -2.11. The van der Waals surface area contributed by atoms with Crippen molar-refractivity contribution in [2.75, 3.05) is 6.61 Å². The van der Waals surface area contributed by atoms with E-state index >= 15 is 0 Å². The van der Waals surface area contributed by atoms with Gasteiger partial charge in [-0.15, -0.1) is 5.10 Å². The molecular formula is C24H18Cl2F3N3O3. The summed E-state index contributed by atoms with van der Waals surface area (Å²) in [4.78, 5) is 25.7. The highest BCUT2D eigenvalue weighted by Gasteiger charge is 2.29. The van der Waals surface area contributed by atoms with Crippen molar-refractivity contribution in [1.29, 1.82) is 0 Å². The van der Waals surface area contributed by atoms with Crippen molar-refractivity contribution in [1.82, 2.24) is 14.3 Å². The van der Waals surface area contributed by atoms with Gasteiger partial charge in [0.25, 0.3) is 5.56 Å². The van der Waals surface area contributed by atoms with E-state index in [4.69, 9.17) is 27.9 Å². The molecule has 0 aliphatic carbocycles. The maximum Gasteiger partial charge on any atom is 0.390 e. The van der Waals surface area contributed by atoms with Crippen molar-refractivity contribution < 1.29 is 22.7 Å². The molecule has 0 aliphatic heterocycles. The maximum atomic E-state index is 13.1. The van der Waals surface area contributed by atoms with Crippen LogP contribution in [0.4, 0.5) is 13.2 Å². The fourth-order valence-electron chi connectivity index (χ4n) is 3.65. The van der Waals surface area contributed by atoms with E-state index in [9.17, 15) is 22.8 Å². The second-order valence-electron chi connectivity index (χ2n) is 7.58. The van der Waals surface area contributed by atoms with Gasteiger partial charge in [-0.05, 0) is 49.4 Å². The molecule has 4 aromatic rings. The number of pyridine rings is 1. The number of alkyl halides is 3. The number of carbonyl (C=O) groups is 1. The minimum absolute atomic E-state index is 0.00700. The van der Waals surface area contributed by atoms with Crippen molar-refractivity contribution in [3.8, 4) is 16.9 Å². The minimum atomic E-state index is -4.52. The molecule has 0 saturated heterocycles. The number of rotatable bonds is 6. The summed E-state index contributed by atoms with van der Waals surface area (Å²) >= 11 is 12.1. The minimum Gasteiger partial charge on any atom is -0.462 e. The van der Waals surface area contributed by atoms with Gasteiger partial charge < -0.3 is 4.74 Å². The van der Waals surface area contributed by atoms with Gasteiger partial charge in [0.2, 0.25) is 0 Å². The SMILES string of the molecule is CCOC(=O)c1cc2c(-c3ccc(Cl)cc3)n(-c3ccc(Cl)cc3)nc2n(CCC(F)(F)F)c1=O. The summed E-state index contributed by atoms with van der Waals surface area (Å²) in [5, 5.41) is 5.76. The van der Waals surface area contributed by atoms with Gasteiger partial charge in [0.1, 0.15) is 5.56 Å². The second kappa shape index (κ2) is 9.75. The number of esters is 1. The molecule has 0 fully saturated rings. The molecule has 0 unspecified atom stereocenters. The summed E-state index contributed by atoms with van der Waals surface area (Å²) in [5.74, 6) is -0.929. The molecule has 0 spiro atoms. The van der Waals surface area contributed by atoms with Gasteiger partial charge in [0.15, 0.2) is 5.65 Å². The Bertz CT molecular complexity index is 1440. The number of ether oxygens (including phenoxy) is 1. The molecule has 2 heterocycles. The first kappa shape index (κ1) is 24.8. The Morgan fingerprint density at radius 1 is 1.03 bits per heavy atom. The smallest absolute Gasteiger partial charge is 0.390 e. The Kier molecular flexibility index (Phi) is 6.91. The van der Waals surface area contributed by atoms with Gasteiger partial charge in [-0.25, -0.2) is 9.48 Å². The number of halogens is 5. The fraction of sp³-hybridized carbons (Fsp3) is 0.208. The Hall–Kier alpha value is -3.30. The van der Waals surface area contributed by atoms with Crippen LogP contribution in [0.3, 0.4) is 0 Å². The highest BCUT2D eigenvalue weighted by Crippen LogP contribution is 2.33. The van der Waals surface area contributed by atoms with Crippen molar-refractivity contribution in [2.24, 2.45) is 0 Å². The van der Waals surface area contributed by atoms with Crippen molar-refractivity contribution >= 4 is 40.2 Å². The number of aromatic nitrogens is 3. The Morgan fingerprint density at radius 3 is 2.20 bits per heavy atom. The average molecular weight is 524 g/mol. The number of aryl methyl sites for hydroxylation is 1. The predicted octanol–water partition coefficient (Wildman–Crippen LogP) is 6.29. The van der Waals surface area contributed by atoms with Gasteiger partial charge in [-0.3, -0.25) is 9.36 Å². The number of fused-ring (bicyclic) bond motifs is 1. The van der Waals surface area contributed by atoms with E-state index in [2.05, 4.69) is 5.10 Å². The normalized spacial score (nSPS) is 11.7. The zero-order valence-corrected chi connectivity index (χ0v) is 19.8. The molecule has 0 N–H and O–H groups in total. The van der Waals surface area contributed by atoms with Crippen molar-refractivity contribution in [2.45, 2.75) is 26.1 Å². The molecule has 182 valence electrons. The van der Waals surface area contributed by atoms with E-state index < -0.39 is 30.7 Å². The first-order valence-corrected chi connectivity index (χ1v) is 11.3. The van der Waals surface area contributed by atoms with E-state index in [0.29, 0.717) is 32.4 Å². The van der Waals surface area contributed by atoms with Crippen LogP contribution in [-0.4, -0.2) is 33.1 Å². The van der Waals surface area contributed by atoms with E-state index in [0.717, 1.165) is 4.57 Å². The monoisotopic (exact) mass is 523 g/mol. The summed E-state index contributed by atoms with van der Waals surface area (Å²) in [6, 6.07) is 14.6. The topological polar surface area (TPSA) is 66.1 Å². The van der Waals surface area contributed by atoms with Crippen LogP contribution in [0.2, 0.25) is 10.0 Å². The highest BCUT2D eigenvalue weighted by molar-refractivity contribution is 6.31. The van der Waals surface area contributed by atoms with Crippen LogP contribution in [0.1, 0.15) is 23.7 Å². The van der Waals surface area contributed by atoms with Crippen LogP contribution in [0.25, 0.3) is 28.0 Å². The molecule has 2 aromatic carbocycles. The molecule has 0 aliphatic rings. The molecule has 4 rings (SSSR count). The molecule has 0 saturated carbocycles. The van der Waals surface area contributed by atoms with E-state index in [1.807, 2.05) is 0 Å². The average Bonchev–Trinajstić information content (AvgIpc) is 3.17. The fourth-order valence-corrected chi connectivity index (χ4v) is 3.91. The number of carbonyl (C=O) groups excluding carboxylic acids is 1. The van der Waals surface area contributed by atoms with Crippen LogP contribution < -0.4 is 5.56 Å². The zero-order chi connectivity index (χ0) is 25.3. The Labute approximate surface area is 207 Å². The van der Waals surface area contributed by atoms with E-state index in [-0.39, 0.29) is 17.8 Å². The summed E-state index contributed by atoms with van der Waals surface area (Å²) in [6.45, 7) is 0.840. The standard InChI is InChI=1S/C24H18Cl2F3N3O3/c1-2-35-23(34)19-13-18-20(14-3-5-15(25)6-4-14)32(17-9-7-16(26)8-10-17)30-21(18)31(22(19)33)12-11-24(27,28)29/h3-10,13H,2,11-12H2,1H3. The molecule has 0 bridgehead atoms. The van der Waals surface area contributed by atoms with Crippen LogP contribution in [-0.2, 0) is 11.3 Å².